The van der Waals surface area contributed by atoms with Crippen LogP contribution >= 0.6 is 0 Å². The molecule has 0 radical (unpaired) electrons. The summed E-state index contributed by atoms with van der Waals surface area (Å²) in [6.45, 7) is 6.09. The van der Waals surface area contributed by atoms with Crippen LogP contribution in [0.5, 0.6) is 0 Å². The van der Waals surface area contributed by atoms with E-state index < -0.39 is 0 Å². The van der Waals surface area contributed by atoms with Crippen molar-refractivity contribution in [1.29, 1.82) is 0 Å². The average Bonchev–Trinajstić information content (AvgIpc) is 2.09. The smallest absolute Gasteiger partial charge is 0.0582 e. The molecular weight excluding hydrogens is 154 g/mol. The molecule has 2 N–H and O–H groups in total. The molecule has 3 unspecified atom stereocenters. The van der Waals surface area contributed by atoms with E-state index in [1.807, 2.05) is 6.92 Å². The fourth-order valence-corrected chi connectivity index (χ4v) is 1.55. The summed E-state index contributed by atoms with van der Waals surface area (Å²) < 4.78 is 5.32. The molecule has 1 rings (SSSR count). The second-order valence-electron chi connectivity index (χ2n) is 3.70. The molecule has 72 valence electrons. The lowest BCUT2D eigenvalue weighted by molar-refractivity contribution is 0.0340. The summed E-state index contributed by atoms with van der Waals surface area (Å²) in [7, 11) is 0. The molecule has 0 aromatic rings. The Bertz CT molecular complexity index is 130. The third-order valence-corrected chi connectivity index (χ3v) is 2.41. The van der Waals surface area contributed by atoms with Crippen LogP contribution in [-0.2, 0) is 4.74 Å². The highest BCUT2D eigenvalue weighted by atomic mass is 16.5. The van der Waals surface area contributed by atoms with Gasteiger partial charge in [0, 0.05) is 18.7 Å². The molecule has 0 spiro atoms. The van der Waals surface area contributed by atoms with Gasteiger partial charge in [-0.1, -0.05) is 6.92 Å². The molecule has 1 aliphatic rings. The summed E-state index contributed by atoms with van der Waals surface area (Å²) in [4.78, 5) is 0. The van der Waals surface area contributed by atoms with E-state index in [9.17, 15) is 0 Å². The molecule has 0 aromatic carbocycles. The fraction of sp³-hybridized carbons (Fsp3) is 1.00. The maximum atomic E-state index is 8.86. The number of aliphatic hydroxyl groups excluding tert-OH is 1. The second kappa shape index (κ2) is 4.80. The minimum absolute atomic E-state index is 0.204. The maximum Gasteiger partial charge on any atom is 0.0582 e. The monoisotopic (exact) mass is 173 g/mol. The number of hydrogen-bond donors (Lipinski definition) is 2. The van der Waals surface area contributed by atoms with E-state index in [1.165, 1.54) is 0 Å². The van der Waals surface area contributed by atoms with E-state index in [4.69, 9.17) is 9.84 Å². The Morgan fingerprint density at radius 2 is 2.42 bits per heavy atom. The topological polar surface area (TPSA) is 41.5 Å². The van der Waals surface area contributed by atoms with Gasteiger partial charge in [-0.2, -0.15) is 0 Å². The van der Waals surface area contributed by atoms with E-state index in [0.29, 0.717) is 12.0 Å². The van der Waals surface area contributed by atoms with Crippen molar-refractivity contribution < 1.29 is 9.84 Å². The van der Waals surface area contributed by atoms with Crippen LogP contribution < -0.4 is 5.32 Å². The van der Waals surface area contributed by atoms with Gasteiger partial charge in [-0.25, -0.2) is 0 Å². The standard InChI is InChI=1S/C9H19NO2/c1-7-6-12-4-3-9(7)10-8(2)5-11/h7-11H,3-6H2,1-2H3. The molecule has 1 fully saturated rings. The third-order valence-electron chi connectivity index (χ3n) is 2.41. The molecule has 0 amide bonds. The number of ether oxygens (including phenoxy) is 1. The molecule has 3 heteroatoms. The van der Waals surface area contributed by atoms with Crippen LogP contribution in [0.3, 0.4) is 0 Å². The Morgan fingerprint density at radius 3 is 3.00 bits per heavy atom. The van der Waals surface area contributed by atoms with E-state index in [1.54, 1.807) is 0 Å². The van der Waals surface area contributed by atoms with Crippen LogP contribution in [0.1, 0.15) is 20.3 Å². The van der Waals surface area contributed by atoms with Crippen LogP contribution in [0.25, 0.3) is 0 Å². The van der Waals surface area contributed by atoms with Crippen LogP contribution in [-0.4, -0.2) is 37.0 Å². The molecule has 0 aliphatic carbocycles. The first kappa shape index (κ1) is 9.96. The normalized spacial score (nSPS) is 33.2. The minimum Gasteiger partial charge on any atom is -0.395 e. The lowest BCUT2D eigenvalue weighted by Crippen LogP contribution is -2.46. The van der Waals surface area contributed by atoms with Crippen molar-refractivity contribution in [2.45, 2.75) is 32.4 Å². The number of hydrogen-bond acceptors (Lipinski definition) is 3. The molecule has 12 heavy (non-hydrogen) atoms. The van der Waals surface area contributed by atoms with Crippen LogP contribution in [0.2, 0.25) is 0 Å². The second-order valence-corrected chi connectivity index (χ2v) is 3.70. The van der Waals surface area contributed by atoms with E-state index >= 15 is 0 Å². The van der Waals surface area contributed by atoms with Crippen molar-refractivity contribution in [3.8, 4) is 0 Å². The quantitative estimate of drug-likeness (QED) is 0.648. The molecule has 3 nitrogen and oxygen atoms in total. The van der Waals surface area contributed by atoms with Crippen LogP contribution in [0.4, 0.5) is 0 Å². The van der Waals surface area contributed by atoms with Gasteiger partial charge in [-0.05, 0) is 19.3 Å². The van der Waals surface area contributed by atoms with Gasteiger partial charge in [0.25, 0.3) is 0 Å². The molecule has 1 aliphatic heterocycles. The molecule has 1 heterocycles. The summed E-state index contributed by atoms with van der Waals surface area (Å²) in [5, 5.41) is 12.2. The molecule has 3 atom stereocenters. The highest BCUT2D eigenvalue weighted by molar-refractivity contribution is 4.78. The molecule has 0 saturated carbocycles. The van der Waals surface area contributed by atoms with Gasteiger partial charge in [0.1, 0.15) is 0 Å². The van der Waals surface area contributed by atoms with Crippen molar-refractivity contribution in [2.75, 3.05) is 19.8 Å². The Balaban J connectivity index is 2.28. The van der Waals surface area contributed by atoms with Gasteiger partial charge in [-0.15, -0.1) is 0 Å². The number of aliphatic hydroxyl groups is 1. The predicted octanol–water partition coefficient (Wildman–Crippen LogP) is 0.382. The molecule has 0 bridgehead atoms. The maximum absolute atomic E-state index is 8.86. The fourth-order valence-electron chi connectivity index (χ4n) is 1.55. The van der Waals surface area contributed by atoms with Gasteiger partial charge in [0.05, 0.1) is 13.2 Å². The lowest BCUT2D eigenvalue weighted by atomic mass is 9.97. The summed E-state index contributed by atoms with van der Waals surface area (Å²) >= 11 is 0. The van der Waals surface area contributed by atoms with Gasteiger partial charge in [-0.3, -0.25) is 0 Å². The molecule has 0 aromatic heterocycles. The minimum atomic E-state index is 0.204. The van der Waals surface area contributed by atoms with Crippen LogP contribution in [0.15, 0.2) is 0 Å². The SMILES string of the molecule is CC(CO)NC1CCOCC1C. The average molecular weight is 173 g/mol. The third kappa shape index (κ3) is 2.73. The Labute approximate surface area is 74.1 Å². The van der Waals surface area contributed by atoms with Crippen molar-refractivity contribution in [1.82, 2.24) is 5.32 Å². The Kier molecular flexibility index (Phi) is 3.98. The summed E-state index contributed by atoms with van der Waals surface area (Å²) in [6.07, 6.45) is 1.06. The van der Waals surface area contributed by atoms with Crippen molar-refractivity contribution in [3.63, 3.8) is 0 Å². The zero-order chi connectivity index (χ0) is 8.97. The Hall–Kier alpha value is -0.120. The summed E-state index contributed by atoms with van der Waals surface area (Å²) in [5.41, 5.74) is 0. The largest absolute Gasteiger partial charge is 0.395 e. The molecule has 1 saturated heterocycles. The summed E-state index contributed by atoms with van der Waals surface area (Å²) in [6, 6.07) is 0.719. The van der Waals surface area contributed by atoms with Crippen molar-refractivity contribution >= 4 is 0 Å². The van der Waals surface area contributed by atoms with Crippen molar-refractivity contribution in [2.24, 2.45) is 5.92 Å². The first-order valence-electron chi connectivity index (χ1n) is 4.68. The first-order valence-corrected chi connectivity index (χ1v) is 4.68. The highest BCUT2D eigenvalue weighted by Crippen LogP contribution is 2.14. The van der Waals surface area contributed by atoms with E-state index in [-0.39, 0.29) is 12.6 Å². The van der Waals surface area contributed by atoms with E-state index in [0.717, 1.165) is 19.6 Å². The predicted molar refractivity (Wildman–Crippen MR) is 48.1 cm³/mol. The number of rotatable bonds is 3. The zero-order valence-corrected chi connectivity index (χ0v) is 7.92. The van der Waals surface area contributed by atoms with Gasteiger partial charge >= 0.3 is 0 Å². The van der Waals surface area contributed by atoms with Gasteiger partial charge < -0.3 is 15.2 Å². The van der Waals surface area contributed by atoms with Gasteiger partial charge in [0.2, 0.25) is 0 Å². The lowest BCUT2D eigenvalue weighted by Gasteiger charge is -2.31. The van der Waals surface area contributed by atoms with E-state index in [2.05, 4.69) is 12.2 Å². The van der Waals surface area contributed by atoms with Crippen molar-refractivity contribution in [3.05, 3.63) is 0 Å². The molecular formula is C9H19NO2. The Morgan fingerprint density at radius 1 is 1.67 bits per heavy atom. The summed E-state index contributed by atoms with van der Waals surface area (Å²) in [5.74, 6) is 0.563. The van der Waals surface area contributed by atoms with Gasteiger partial charge in [0.15, 0.2) is 0 Å². The zero-order valence-electron chi connectivity index (χ0n) is 7.92. The first-order chi connectivity index (χ1) is 5.74. The van der Waals surface area contributed by atoms with Crippen LogP contribution in [0, 0.1) is 5.92 Å². The highest BCUT2D eigenvalue weighted by Gasteiger charge is 2.22. The number of nitrogens with one attached hydrogen (secondary N) is 1.